The van der Waals surface area contributed by atoms with Crippen molar-refractivity contribution in [2.75, 3.05) is 6.54 Å². The van der Waals surface area contributed by atoms with Gasteiger partial charge in [-0.05, 0) is 108 Å². The molecular formula is C38H51N5O6. The van der Waals surface area contributed by atoms with Gasteiger partial charge in [0, 0.05) is 17.5 Å². The number of benzene rings is 3. The Morgan fingerprint density at radius 3 is 2.16 bits per heavy atom. The number of primary amides is 2. The summed E-state index contributed by atoms with van der Waals surface area (Å²) in [5, 5.41) is 19.2. The van der Waals surface area contributed by atoms with Gasteiger partial charge in [0.1, 0.15) is 22.9 Å². The number of aliphatic hydroxyl groups excluding tert-OH is 1. The van der Waals surface area contributed by atoms with Gasteiger partial charge < -0.3 is 31.9 Å². The maximum absolute atomic E-state index is 13.9. The van der Waals surface area contributed by atoms with Gasteiger partial charge in [0.05, 0.1) is 18.6 Å². The molecule has 1 saturated heterocycles. The molecule has 0 radical (unpaired) electrons. The van der Waals surface area contributed by atoms with Gasteiger partial charge in [-0.25, -0.2) is 0 Å². The third-order valence-corrected chi connectivity index (χ3v) is 8.94. The van der Waals surface area contributed by atoms with Crippen LogP contribution >= 0.6 is 0 Å². The molecule has 0 unspecified atom stereocenters. The fraction of sp³-hybridized carbons (Fsp3) is 0.474. The Kier molecular flexibility index (Phi) is 11.4. The Morgan fingerprint density at radius 1 is 0.918 bits per heavy atom. The van der Waals surface area contributed by atoms with Gasteiger partial charge in [0.15, 0.2) is 0 Å². The van der Waals surface area contributed by atoms with Crippen molar-refractivity contribution >= 4 is 34.4 Å². The summed E-state index contributed by atoms with van der Waals surface area (Å²) in [4.78, 5) is 54.5. The molecule has 0 aliphatic carbocycles. The highest BCUT2D eigenvalue weighted by molar-refractivity contribution is 6.01. The highest BCUT2D eigenvalue weighted by atomic mass is 16.5. The molecule has 0 spiro atoms. The maximum atomic E-state index is 13.9. The second-order valence-electron chi connectivity index (χ2n) is 15.0. The number of nitrogens with two attached hydrogens (primary N) is 2. The maximum Gasteiger partial charge on any atom is 0.251 e. The number of nitrogens with zero attached hydrogens (tertiary/aromatic N) is 1. The van der Waals surface area contributed by atoms with Crippen LogP contribution in [-0.4, -0.2) is 75.0 Å². The van der Waals surface area contributed by atoms with Gasteiger partial charge >= 0.3 is 0 Å². The topological polar surface area (TPSA) is 177 Å². The van der Waals surface area contributed by atoms with Crippen LogP contribution in [0.5, 0.6) is 5.75 Å². The number of fused-ring (bicyclic) bond motifs is 1. The molecular weight excluding hydrogens is 622 g/mol. The quantitative estimate of drug-likeness (QED) is 0.184. The zero-order chi connectivity index (χ0) is 36.1. The molecule has 3 aromatic rings. The Hall–Kier alpha value is -4.48. The molecule has 0 bridgehead atoms. The Balaban J connectivity index is 1.62. The van der Waals surface area contributed by atoms with Gasteiger partial charge in [-0.15, -0.1) is 0 Å². The largest absolute Gasteiger partial charge is 0.488 e. The standard InChI is InChI=1S/C38H51N5O6/c1-36(2,3)43-19-9-18-38(43,35(40)48)23-31(44)29(20-24-12-16-28(17-13-24)49-37(4,5)6)41-34(47)30(22-32(39)45)42-33(46)27-15-14-25-10-7-8-11-26(25)21-27/h7-8,10-17,21,29-31,44H,9,18-20,22-23H2,1-6H3,(H2,39,45)(H2,40,48)(H,41,47)(H,42,46)/t29-,30-,31+,38+/m0/s1. The summed E-state index contributed by atoms with van der Waals surface area (Å²) in [6.45, 7) is 12.5. The monoisotopic (exact) mass is 673 g/mol. The highest BCUT2D eigenvalue weighted by Crippen LogP contribution is 2.39. The van der Waals surface area contributed by atoms with Crippen LogP contribution in [0, 0.1) is 0 Å². The van der Waals surface area contributed by atoms with Crippen LogP contribution in [0.3, 0.4) is 0 Å². The molecule has 11 nitrogen and oxygen atoms in total. The molecule has 49 heavy (non-hydrogen) atoms. The number of likely N-dealkylation sites (tertiary alicyclic amines) is 1. The summed E-state index contributed by atoms with van der Waals surface area (Å²) in [7, 11) is 0. The molecule has 1 aliphatic heterocycles. The minimum Gasteiger partial charge on any atom is -0.488 e. The fourth-order valence-electron chi connectivity index (χ4n) is 6.76. The van der Waals surface area contributed by atoms with Crippen molar-refractivity contribution in [2.45, 2.75) is 109 Å². The lowest BCUT2D eigenvalue weighted by Crippen LogP contribution is -2.63. The number of aliphatic hydroxyl groups is 1. The van der Waals surface area contributed by atoms with E-state index in [2.05, 4.69) is 10.6 Å². The molecule has 264 valence electrons. The van der Waals surface area contributed by atoms with E-state index in [9.17, 15) is 24.3 Å². The van der Waals surface area contributed by atoms with Crippen molar-refractivity contribution < 1.29 is 29.0 Å². The van der Waals surface area contributed by atoms with E-state index in [1.807, 2.05) is 95.0 Å². The number of carbonyl (C=O) groups excluding carboxylic acids is 4. The van der Waals surface area contributed by atoms with Gasteiger partial charge in [0.2, 0.25) is 17.7 Å². The van der Waals surface area contributed by atoms with E-state index >= 15 is 0 Å². The Bertz CT molecular complexity index is 1660. The lowest BCUT2D eigenvalue weighted by atomic mass is 9.82. The Labute approximate surface area is 288 Å². The van der Waals surface area contributed by atoms with Crippen LogP contribution in [0.15, 0.2) is 66.7 Å². The second-order valence-corrected chi connectivity index (χ2v) is 15.0. The molecule has 4 rings (SSSR count). The lowest BCUT2D eigenvalue weighted by Gasteiger charge is -2.46. The van der Waals surface area contributed by atoms with Crippen molar-refractivity contribution in [1.29, 1.82) is 0 Å². The zero-order valence-electron chi connectivity index (χ0n) is 29.4. The van der Waals surface area contributed by atoms with E-state index < -0.39 is 64.9 Å². The van der Waals surface area contributed by atoms with Crippen LogP contribution in [-0.2, 0) is 20.8 Å². The number of amides is 4. The summed E-state index contributed by atoms with van der Waals surface area (Å²) in [6.07, 6.45) is -0.358. The van der Waals surface area contributed by atoms with Crippen molar-refractivity contribution in [1.82, 2.24) is 15.5 Å². The number of carbonyl (C=O) groups is 4. The summed E-state index contributed by atoms with van der Waals surface area (Å²) in [5.41, 5.74) is 10.7. The highest BCUT2D eigenvalue weighted by Gasteiger charge is 2.51. The van der Waals surface area contributed by atoms with E-state index in [4.69, 9.17) is 16.2 Å². The van der Waals surface area contributed by atoms with Crippen molar-refractivity contribution in [2.24, 2.45) is 11.5 Å². The number of ether oxygens (including phenoxy) is 1. The smallest absolute Gasteiger partial charge is 0.251 e. The Morgan fingerprint density at radius 2 is 1.57 bits per heavy atom. The molecule has 4 amide bonds. The van der Waals surface area contributed by atoms with E-state index in [1.165, 1.54) is 0 Å². The number of nitrogens with one attached hydrogen (secondary N) is 2. The molecule has 1 fully saturated rings. The average Bonchev–Trinajstić information content (AvgIpc) is 3.46. The molecule has 1 heterocycles. The third-order valence-electron chi connectivity index (χ3n) is 8.94. The minimum atomic E-state index is -1.32. The fourth-order valence-corrected chi connectivity index (χ4v) is 6.76. The van der Waals surface area contributed by atoms with Gasteiger partial charge in [-0.3, -0.25) is 24.1 Å². The van der Waals surface area contributed by atoms with E-state index in [0.29, 0.717) is 24.3 Å². The van der Waals surface area contributed by atoms with Crippen molar-refractivity contribution in [3.63, 3.8) is 0 Å². The number of hydrogen-bond acceptors (Lipinski definition) is 7. The normalized spacial score (nSPS) is 18.8. The first-order chi connectivity index (χ1) is 22.9. The van der Waals surface area contributed by atoms with Crippen molar-refractivity contribution in [3.05, 3.63) is 77.9 Å². The molecule has 11 heteroatoms. The van der Waals surface area contributed by atoms with Gasteiger partial charge in [-0.2, -0.15) is 0 Å². The average molecular weight is 674 g/mol. The summed E-state index contributed by atoms with van der Waals surface area (Å²) < 4.78 is 5.95. The molecule has 7 N–H and O–H groups in total. The predicted octanol–water partition coefficient (Wildman–Crippen LogP) is 3.59. The van der Waals surface area contributed by atoms with E-state index in [-0.39, 0.29) is 12.8 Å². The molecule has 0 saturated carbocycles. The first-order valence-corrected chi connectivity index (χ1v) is 16.8. The molecule has 4 atom stereocenters. The van der Waals surface area contributed by atoms with Crippen LogP contribution < -0.4 is 26.8 Å². The predicted molar refractivity (Wildman–Crippen MR) is 190 cm³/mol. The summed E-state index contributed by atoms with van der Waals surface area (Å²) in [6, 6.07) is 17.8. The van der Waals surface area contributed by atoms with Crippen LogP contribution in [0.25, 0.3) is 10.8 Å². The molecule has 3 aromatic carbocycles. The molecule has 0 aromatic heterocycles. The SMILES string of the molecule is CC(C)(C)Oc1ccc(C[C@H](NC(=O)[C@H](CC(N)=O)NC(=O)c2ccc3ccccc3c2)[C@H](O)C[C@@]2(C(N)=O)CCCN2C(C)(C)C)cc1. The second kappa shape index (κ2) is 15.0. The number of rotatable bonds is 13. The third kappa shape index (κ3) is 9.57. The zero-order valence-corrected chi connectivity index (χ0v) is 29.4. The number of hydrogen-bond donors (Lipinski definition) is 5. The van der Waals surface area contributed by atoms with E-state index in [1.54, 1.807) is 18.2 Å². The first-order valence-electron chi connectivity index (χ1n) is 16.8. The summed E-state index contributed by atoms with van der Waals surface area (Å²) >= 11 is 0. The summed E-state index contributed by atoms with van der Waals surface area (Å²) in [5.74, 6) is -1.92. The van der Waals surface area contributed by atoms with Crippen molar-refractivity contribution in [3.8, 4) is 5.75 Å². The van der Waals surface area contributed by atoms with Crippen LogP contribution in [0.2, 0.25) is 0 Å². The minimum absolute atomic E-state index is 0.0281. The first kappa shape index (κ1) is 37.3. The van der Waals surface area contributed by atoms with E-state index in [0.717, 1.165) is 22.8 Å². The van der Waals surface area contributed by atoms with Gasteiger partial charge in [-0.1, -0.05) is 42.5 Å². The lowest BCUT2D eigenvalue weighted by molar-refractivity contribution is -0.135. The van der Waals surface area contributed by atoms with Crippen LogP contribution in [0.4, 0.5) is 0 Å². The van der Waals surface area contributed by atoms with Gasteiger partial charge in [0.25, 0.3) is 5.91 Å². The van der Waals surface area contributed by atoms with Crippen LogP contribution in [0.1, 0.15) is 83.1 Å². The molecule has 1 aliphatic rings.